The van der Waals surface area contributed by atoms with Crippen LogP contribution in [0.1, 0.15) is 27.2 Å². The Morgan fingerprint density at radius 2 is 2.15 bits per heavy atom. The Morgan fingerprint density at radius 3 is 2.85 bits per heavy atom. The van der Waals surface area contributed by atoms with Crippen molar-refractivity contribution in [2.75, 3.05) is 7.05 Å². The molecule has 0 aliphatic carbocycles. The number of benzene rings is 1. The number of carbonyl (C=O) groups is 1. The second-order valence-electron chi connectivity index (χ2n) is 4.66. The van der Waals surface area contributed by atoms with Crippen LogP contribution in [0.25, 0.3) is 0 Å². The van der Waals surface area contributed by atoms with Gasteiger partial charge in [0, 0.05) is 31.0 Å². The average Bonchev–Trinajstić information content (AvgIpc) is 2.46. The first-order chi connectivity index (χ1) is 9.60. The molecule has 0 unspecified atom stereocenters. The highest BCUT2D eigenvalue weighted by molar-refractivity contribution is 5.94. The van der Waals surface area contributed by atoms with E-state index in [1.54, 1.807) is 42.4 Å². The molecule has 100 valence electrons. The van der Waals surface area contributed by atoms with E-state index in [4.69, 9.17) is 5.26 Å². The van der Waals surface area contributed by atoms with Gasteiger partial charge in [0.1, 0.15) is 0 Å². The fourth-order valence-corrected chi connectivity index (χ4v) is 1.98. The van der Waals surface area contributed by atoms with Gasteiger partial charge in [-0.2, -0.15) is 5.26 Å². The summed E-state index contributed by atoms with van der Waals surface area (Å²) < 4.78 is 0. The van der Waals surface area contributed by atoms with E-state index in [0.29, 0.717) is 17.7 Å². The van der Waals surface area contributed by atoms with Crippen molar-refractivity contribution in [3.8, 4) is 6.07 Å². The molecule has 0 fully saturated rings. The van der Waals surface area contributed by atoms with Gasteiger partial charge in [0.15, 0.2) is 0 Å². The number of carbonyl (C=O) groups excluding carboxylic acids is 1. The highest BCUT2D eigenvalue weighted by Crippen LogP contribution is 2.10. The van der Waals surface area contributed by atoms with Gasteiger partial charge >= 0.3 is 0 Å². The number of hydrogen-bond acceptors (Lipinski definition) is 3. The first kappa shape index (κ1) is 13.8. The SMILES string of the molecule is Cc1cc(C(=O)N(C)Cc2cccc(C#N)c2)ccn1. The third-order valence-electron chi connectivity index (χ3n) is 2.97. The van der Waals surface area contributed by atoms with Crippen molar-refractivity contribution in [1.29, 1.82) is 5.26 Å². The zero-order chi connectivity index (χ0) is 14.5. The van der Waals surface area contributed by atoms with Gasteiger partial charge in [-0.05, 0) is 36.8 Å². The van der Waals surface area contributed by atoms with Gasteiger partial charge in [0.05, 0.1) is 11.6 Å². The second-order valence-corrected chi connectivity index (χ2v) is 4.66. The van der Waals surface area contributed by atoms with Crippen LogP contribution >= 0.6 is 0 Å². The number of nitriles is 1. The third-order valence-corrected chi connectivity index (χ3v) is 2.97. The van der Waals surface area contributed by atoms with Crippen LogP contribution in [0.5, 0.6) is 0 Å². The van der Waals surface area contributed by atoms with Crippen molar-refractivity contribution in [3.05, 3.63) is 65.0 Å². The lowest BCUT2D eigenvalue weighted by Crippen LogP contribution is -2.26. The van der Waals surface area contributed by atoms with E-state index in [1.165, 1.54) is 0 Å². The number of aryl methyl sites for hydroxylation is 1. The highest BCUT2D eigenvalue weighted by atomic mass is 16.2. The molecule has 0 radical (unpaired) electrons. The molecular formula is C16H15N3O. The molecule has 1 aromatic heterocycles. The van der Waals surface area contributed by atoms with Gasteiger partial charge in [-0.3, -0.25) is 9.78 Å². The summed E-state index contributed by atoms with van der Waals surface area (Å²) in [5.74, 6) is -0.0575. The number of nitrogens with zero attached hydrogens (tertiary/aromatic N) is 3. The quantitative estimate of drug-likeness (QED) is 0.857. The molecule has 2 rings (SSSR count). The van der Waals surface area contributed by atoms with Crippen molar-refractivity contribution in [1.82, 2.24) is 9.88 Å². The van der Waals surface area contributed by atoms with Crippen molar-refractivity contribution >= 4 is 5.91 Å². The molecule has 0 atom stereocenters. The fraction of sp³-hybridized carbons (Fsp3) is 0.188. The van der Waals surface area contributed by atoms with E-state index >= 15 is 0 Å². The van der Waals surface area contributed by atoms with E-state index in [2.05, 4.69) is 11.1 Å². The van der Waals surface area contributed by atoms with Crippen LogP contribution in [-0.4, -0.2) is 22.8 Å². The molecule has 0 saturated heterocycles. The molecule has 0 aliphatic heterocycles. The first-order valence-electron chi connectivity index (χ1n) is 6.27. The number of hydrogen-bond donors (Lipinski definition) is 0. The monoisotopic (exact) mass is 265 g/mol. The Kier molecular flexibility index (Phi) is 4.11. The Balaban J connectivity index is 2.13. The van der Waals surface area contributed by atoms with E-state index in [0.717, 1.165) is 11.3 Å². The van der Waals surface area contributed by atoms with Crippen LogP contribution in [0.2, 0.25) is 0 Å². The standard InChI is InChI=1S/C16H15N3O/c1-12-8-15(6-7-18-12)16(20)19(2)11-14-5-3-4-13(9-14)10-17/h3-9H,11H2,1-2H3. The minimum Gasteiger partial charge on any atom is -0.337 e. The lowest BCUT2D eigenvalue weighted by molar-refractivity contribution is 0.0785. The van der Waals surface area contributed by atoms with Crippen molar-refractivity contribution in [3.63, 3.8) is 0 Å². The number of amides is 1. The Bertz CT molecular complexity index is 673. The topological polar surface area (TPSA) is 57.0 Å². The number of aromatic nitrogens is 1. The van der Waals surface area contributed by atoms with E-state index in [9.17, 15) is 4.79 Å². The molecule has 0 aliphatic rings. The smallest absolute Gasteiger partial charge is 0.254 e. The summed E-state index contributed by atoms with van der Waals surface area (Å²) in [5, 5.41) is 8.88. The molecule has 1 amide bonds. The van der Waals surface area contributed by atoms with Crippen LogP contribution in [0.3, 0.4) is 0 Å². The molecule has 4 nitrogen and oxygen atoms in total. The fourth-order valence-electron chi connectivity index (χ4n) is 1.98. The zero-order valence-electron chi connectivity index (χ0n) is 11.5. The van der Waals surface area contributed by atoms with E-state index in [-0.39, 0.29) is 5.91 Å². The van der Waals surface area contributed by atoms with Crippen molar-refractivity contribution in [2.24, 2.45) is 0 Å². The maximum absolute atomic E-state index is 12.3. The maximum Gasteiger partial charge on any atom is 0.254 e. The molecule has 0 saturated carbocycles. The largest absolute Gasteiger partial charge is 0.337 e. The van der Waals surface area contributed by atoms with Crippen LogP contribution in [0.4, 0.5) is 0 Å². The Hall–Kier alpha value is -2.67. The summed E-state index contributed by atoms with van der Waals surface area (Å²) in [7, 11) is 1.75. The highest BCUT2D eigenvalue weighted by Gasteiger charge is 2.12. The normalized spacial score (nSPS) is 9.85. The van der Waals surface area contributed by atoms with Gasteiger partial charge in [0.2, 0.25) is 0 Å². The predicted molar refractivity (Wildman–Crippen MR) is 75.9 cm³/mol. The molecule has 2 aromatic rings. The van der Waals surface area contributed by atoms with E-state index in [1.807, 2.05) is 19.1 Å². The summed E-state index contributed by atoms with van der Waals surface area (Å²) in [5.41, 5.74) is 2.97. The van der Waals surface area contributed by atoms with Crippen LogP contribution < -0.4 is 0 Å². The van der Waals surface area contributed by atoms with Gasteiger partial charge in [-0.25, -0.2) is 0 Å². The lowest BCUT2D eigenvalue weighted by atomic mass is 10.1. The lowest BCUT2D eigenvalue weighted by Gasteiger charge is -2.17. The predicted octanol–water partition coefficient (Wildman–Crippen LogP) is 2.53. The van der Waals surface area contributed by atoms with Crippen LogP contribution in [-0.2, 0) is 6.54 Å². The Morgan fingerprint density at radius 1 is 1.35 bits per heavy atom. The number of rotatable bonds is 3. The zero-order valence-corrected chi connectivity index (χ0v) is 11.5. The molecular weight excluding hydrogens is 250 g/mol. The average molecular weight is 265 g/mol. The minimum absolute atomic E-state index is 0.0575. The van der Waals surface area contributed by atoms with Gasteiger partial charge in [0.25, 0.3) is 5.91 Å². The molecule has 1 heterocycles. The molecule has 20 heavy (non-hydrogen) atoms. The second kappa shape index (κ2) is 5.98. The Labute approximate surface area is 118 Å². The summed E-state index contributed by atoms with van der Waals surface area (Å²) >= 11 is 0. The van der Waals surface area contributed by atoms with Crippen molar-refractivity contribution in [2.45, 2.75) is 13.5 Å². The summed E-state index contributed by atoms with van der Waals surface area (Å²) in [6.45, 7) is 2.32. The molecule has 0 bridgehead atoms. The molecule has 0 spiro atoms. The van der Waals surface area contributed by atoms with Crippen molar-refractivity contribution < 1.29 is 4.79 Å². The van der Waals surface area contributed by atoms with Gasteiger partial charge in [-0.1, -0.05) is 12.1 Å². The van der Waals surface area contributed by atoms with Crippen LogP contribution in [0, 0.1) is 18.3 Å². The summed E-state index contributed by atoms with van der Waals surface area (Å²) in [6, 6.07) is 12.8. The summed E-state index contributed by atoms with van der Waals surface area (Å²) in [6.07, 6.45) is 1.63. The first-order valence-corrected chi connectivity index (χ1v) is 6.27. The summed E-state index contributed by atoms with van der Waals surface area (Å²) in [4.78, 5) is 18.0. The minimum atomic E-state index is -0.0575. The molecule has 4 heteroatoms. The number of pyridine rings is 1. The third kappa shape index (κ3) is 3.21. The van der Waals surface area contributed by atoms with Gasteiger partial charge in [-0.15, -0.1) is 0 Å². The van der Waals surface area contributed by atoms with Crippen LogP contribution in [0.15, 0.2) is 42.6 Å². The van der Waals surface area contributed by atoms with E-state index < -0.39 is 0 Å². The maximum atomic E-state index is 12.3. The van der Waals surface area contributed by atoms with Gasteiger partial charge < -0.3 is 4.90 Å². The molecule has 1 aromatic carbocycles. The molecule has 0 N–H and O–H groups in total.